The van der Waals surface area contributed by atoms with Crippen LogP contribution in [0.1, 0.15) is 30.0 Å². The van der Waals surface area contributed by atoms with Crippen molar-refractivity contribution < 1.29 is 18.7 Å². The Hall–Kier alpha value is -2.87. The summed E-state index contributed by atoms with van der Waals surface area (Å²) in [6.45, 7) is 5.95. The van der Waals surface area contributed by atoms with E-state index in [1.165, 1.54) is 12.3 Å². The van der Waals surface area contributed by atoms with Gasteiger partial charge in [-0.05, 0) is 37.6 Å². The molecule has 0 radical (unpaired) electrons. The lowest BCUT2D eigenvalue weighted by Gasteiger charge is -2.36. The van der Waals surface area contributed by atoms with Crippen molar-refractivity contribution in [2.75, 3.05) is 24.5 Å². The van der Waals surface area contributed by atoms with Crippen LogP contribution < -0.4 is 15.5 Å². The number of hydrogen-bond acceptors (Lipinski definition) is 6. The summed E-state index contributed by atoms with van der Waals surface area (Å²) in [5.74, 6) is 0.372. The van der Waals surface area contributed by atoms with Crippen molar-refractivity contribution in [1.29, 1.82) is 0 Å². The number of furan rings is 1. The number of ether oxygens (including phenoxy) is 1. The number of carbonyl (C=O) groups excluding carboxylic acids is 2. The second kappa shape index (κ2) is 8.68. The zero-order valence-corrected chi connectivity index (χ0v) is 15.5. The monoisotopic (exact) mass is 372 g/mol. The van der Waals surface area contributed by atoms with Crippen LogP contribution in [0, 0.1) is 0 Å². The summed E-state index contributed by atoms with van der Waals surface area (Å²) < 4.78 is 10.7. The second-order valence-electron chi connectivity index (χ2n) is 6.62. The number of aromatic nitrogens is 1. The minimum Gasteiger partial charge on any atom is -0.459 e. The van der Waals surface area contributed by atoms with Crippen LogP contribution in [0.3, 0.4) is 0 Å². The summed E-state index contributed by atoms with van der Waals surface area (Å²) in [6, 6.07) is 7.04. The average Bonchev–Trinajstić information content (AvgIpc) is 3.19. The number of nitrogens with zero attached hydrogens (tertiary/aromatic N) is 2. The summed E-state index contributed by atoms with van der Waals surface area (Å²) in [6.07, 6.45) is 3.50. The molecule has 0 spiro atoms. The molecule has 1 fully saturated rings. The molecule has 0 aromatic carbocycles. The fourth-order valence-corrected chi connectivity index (χ4v) is 2.99. The highest BCUT2D eigenvalue weighted by molar-refractivity contribution is 5.94. The van der Waals surface area contributed by atoms with Crippen molar-refractivity contribution in [2.45, 2.75) is 32.6 Å². The molecule has 3 heterocycles. The van der Waals surface area contributed by atoms with E-state index >= 15 is 0 Å². The molecule has 2 atom stereocenters. The summed E-state index contributed by atoms with van der Waals surface area (Å²) in [5, 5.41) is 5.26. The molecule has 1 aliphatic heterocycles. The Morgan fingerprint density at radius 1 is 1.19 bits per heavy atom. The topological polar surface area (TPSA) is 96.7 Å². The van der Waals surface area contributed by atoms with E-state index in [-0.39, 0.29) is 30.4 Å². The molecule has 8 nitrogen and oxygen atoms in total. The van der Waals surface area contributed by atoms with Gasteiger partial charge in [0.1, 0.15) is 5.82 Å². The predicted molar refractivity (Wildman–Crippen MR) is 99.3 cm³/mol. The van der Waals surface area contributed by atoms with Gasteiger partial charge in [0.05, 0.1) is 25.0 Å². The number of carbonyl (C=O) groups is 2. The maximum absolute atomic E-state index is 11.9. The first-order valence-electron chi connectivity index (χ1n) is 8.95. The zero-order valence-electron chi connectivity index (χ0n) is 15.5. The minimum atomic E-state index is -0.421. The Morgan fingerprint density at radius 2 is 1.96 bits per heavy atom. The second-order valence-corrected chi connectivity index (χ2v) is 6.62. The van der Waals surface area contributed by atoms with E-state index in [0.29, 0.717) is 6.54 Å². The van der Waals surface area contributed by atoms with Crippen LogP contribution in [0.2, 0.25) is 0 Å². The maximum Gasteiger partial charge on any atom is 0.287 e. The van der Waals surface area contributed by atoms with E-state index in [1.54, 1.807) is 12.3 Å². The van der Waals surface area contributed by atoms with Crippen LogP contribution in [-0.2, 0) is 16.1 Å². The van der Waals surface area contributed by atoms with E-state index in [2.05, 4.69) is 34.4 Å². The molecule has 27 heavy (non-hydrogen) atoms. The van der Waals surface area contributed by atoms with Gasteiger partial charge in [-0.2, -0.15) is 0 Å². The lowest BCUT2D eigenvalue weighted by atomic mass is 10.2. The fraction of sp³-hybridized carbons (Fsp3) is 0.421. The van der Waals surface area contributed by atoms with Gasteiger partial charge >= 0.3 is 0 Å². The molecule has 0 saturated carbocycles. The van der Waals surface area contributed by atoms with Gasteiger partial charge in [-0.25, -0.2) is 4.98 Å². The van der Waals surface area contributed by atoms with Crippen molar-refractivity contribution in [3.8, 4) is 0 Å². The number of morpholine rings is 1. The third-order valence-corrected chi connectivity index (χ3v) is 4.20. The van der Waals surface area contributed by atoms with Crippen molar-refractivity contribution in [2.24, 2.45) is 0 Å². The van der Waals surface area contributed by atoms with Crippen molar-refractivity contribution in [1.82, 2.24) is 15.6 Å². The molecule has 0 bridgehead atoms. The SMILES string of the molecule is CC1CN(c2ccc(CNC(=O)CNC(=O)c3ccco3)cn2)CC(C)O1. The molecule has 144 valence electrons. The van der Waals surface area contributed by atoms with Gasteiger partial charge in [0.25, 0.3) is 5.91 Å². The molecule has 8 heteroatoms. The smallest absolute Gasteiger partial charge is 0.287 e. The Kier molecular flexibility index (Phi) is 6.08. The first-order valence-corrected chi connectivity index (χ1v) is 8.95. The lowest BCUT2D eigenvalue weighted by molar-refractivity contribution is -0.120. The van der Waals surface area contributed by atoms with Crippen LogP contribution in [0.15, 0.2) is 41.1 Å². The number of rotatable bonds is 6. The normalized spacial score (nSPS) is 19.6. The van der Waals surface area contributed by atoms with E-state index in [0.717, 1.165) is 24.5 Å². The molecule has 2 aromatic heterocycles. The number of hydrogen-bond donors (Lipinski definition) is 2. The number of nitrogens with one attached hydrogen (secondary N) is 2. The van der Waals surface area contributed by atoms with Crippen molar-refractivity contribution in [3.05, 3.63) is 48.0 Å². The number of amides is 2. The summed E-state index contributed by atoms with van der Waals surface area (Å²) >= 11 is 0. The molecule has 0 aliphatic carbocycles. The molecular formula is C19H24N4O4. The summed E-state index contributed by atoms with van der Waals surface area (Å²) in [5.41, 5.74) is 0.888. The van der Waals surface area contributed by atoms with Gasteiger partial charge in [0.2, 0.25) is 5.91 Å². The quantitative estimate of drug-likeness (QED) is 0.794. The third kappa shape index (κ3) is 5.30. The van der Waals surface area contributed by atoms with E-state index in [4.69, 9.17) is 9.15 Å². The van der Waals surface area contributed by atoms with Crippen molar-refractivity contribution in [3.63, 3.8) is 0 Å². The molecular weight excluding hydrogens is 348 g/mol. The van der Waals surface area contributed by atoms with Crippen LogP contribution in [0.25, 0.3) is 0 Å². The molecule has 1 saturated heterocycles. The van der Waals surface area contributed by atoms with Gasteiger partial charge in [0, 0.05) is 25.8 Å². The molecule has 2 unspecified atom stereocenters. The Labute approximate surface area is 157 Å². The summed E-state index contributed by atoms with van der Waals surface area (Å²) in [7, 11) is 0. The standard InChI is InChI=1S/C19H24N4O4/c1-13-11-23(12-14(2)27-13)17-6-5-15(8-20-17)9-21-18(24)10-22-19(25)16-4-3-7-26-16/h3-8,13-14H,9-12H2,1-2H3,(H,21,24)(H,22,25). The highest BCUT2D eigenvalue weighted by Gasteiger charge is 2.22. The molecule has 2 amide bonds. The van der Waals surface area contributed by atoms with Crippen LogP contribution in [-0.4, -0.2) is 48.6 Å². The average molecular weight is 372 g/mol. The first kappa shape index (κ1) is 18.9. The first-order chi connectivity index (χ1) is 13.0. The van der Waals surface area contributed by atoms with Gasteiger partial charge in [-0.15, -0.1) is 0 Å². The fourth-order valence-electron chi connectivity index (χ4n) is 2.99. The number of pyridine rings is 1. The maximum atomic E-state index is 11.9. The zero-order chi connectivity index (χ0) is 19.2. The van der Waals surface area contributed by atoms with Crippen molar-refractivity contribution >= 4 is 17.6 Å². The number of anilines is 1. The van der Waals surface area contributed by atoms with E-state index < -0.39 is 5.91 Å². The van der Waals surface area contributed by atoms with E-state index in [9.17, 15) is 9.59 Å². The summed E-state index contributed by atoms with van der Waals surface area (Å²) in [4.78, 5) is 30.3. The Morgan fingerprint density at radius 3 is 2.59 bits per heavy atom. The Bertz CT molecular complexity index is 751. The third-order valence-electron chi connectivity index (χ3n) is 4.20. The van der Waals surface area contributed by atoms with Crippen LogP contribution in [0.4, 0.5) is 5.82 Å². The van der Waals surface area contributed by atoms with Crippen LogP contribution in [0.5, 0.6) is 0 Å². The minimum absolute atomic E-state index is 0.116. The van der Waals surface area contributed by atoms with E-state index in [1.807, 2.05) is 12.1 Å². The van der Waals surface area contributed by atoms with Gasteiger partial charge in [-0.1, -0.05) is 6.07 Å². The molecule has 2 N–H and O–H groups in total. The van der Waals surface area contributed by atoms with Gasteiger partial charge in [0.15, 0.2) is 5.76 Å². The highest BCUT2D eigenvalue weighted by Crippen LogP contribution is 2.18. The predicted octanol–water partition coefficient (Wildman–Crippen LogP) is 1.33. The van der Waals surface area contributed by atoms with Gasteiger partial charge < -0.3 is 24.7 Å². The Balaban J connectivity index is 1.44. The molecule has 1 aliphatic rings. The molecule has 2 aromatic rings. The lowest BCUT2D eigenvalue weighted by Crippen LogP contribution is -2.45. The van der Waals surface area contributed by atoms with Crippen LogP contribution >= 0.6 is 0 Å². The highest BCUT2D eigenvalue weighted by atomic mass is 16.5. The molecule has 3 rings (SSSR count). The van der Waals surface area contributed by atoms with Gasteiger partial charge in [-0.3, -0.25) is 9.59 Å². The largest absolute Gasteiger partial charge is 0.459 e.